The highest BCUT2D eigenvalue weighted by Gasteiger charge is 2.28. The van der Waals surface area contributed by atoms with Crippen LogP contribution < -0.4 is 10.6 Å². The summed E-state index contributed by atoms with van der Waals surface area (Å²) in [6.45, 7) is 9.24. The van der Waals surface area contributed by atoms with Crippen molar-refractivity contribution in [1.29, 1.82) is 0 Å². The molecular weight excluding hydrogens is 422 g/mol. The summed E-state index contributed by atoms with van der Waals surface area (Å²) in [7, 11) is 2.95. The molecule has 0 aliphatic heterocycles. The Morgan fingerprint density at radius 3 is 2.39 bits per heavy atom. The summed E-state index contributed by atoms with van der Waals surface area (Å²) < 4.78 is 11.6. The van der Waals surface area contributed by atoms with Gasteiger partial charge < -0.3 is 20.1 Å². The molecule has 1 aromatic rings. The minimum absolute atomic E-state index is 0.0720. The van der Waals surface area contributed by atoms with Crippen LogP contribution in [0.1, 0.15) is 32.8 Å². The number of nitrogens with one attached hydrogen (secondary N) is 2. The molecule has 1 aromatic carbocycles. The van der Waals surface area contributed by atoms with Gasteiger partial charge in [0.05, 0.1) is 7.11 Å². The molecule has 0 fully saturated rings. The molecule has 33 heavy (non-hydrogen) atoms. The SMILES string of the molecule is C=C/C=C(\C=[N+](/C)COC(=O)NC(C)Cc1ccccc1)C(=O)N[C@H](C(=O)OC)[C@@H](C)CC. The number of carbonyl (C=O) groups is 3. The van der Waals surface area contributed by atoms with Gasteiger partial charge >= 0.3 is 12.1 Å². The molecule has 0 heterocycles. The Kier molecular flexibility index (Phi) is 12.2. The Morgan fingerprint density at radius 1 is 1.15 bits per heavy atom. The Hall–Kier alpha value is -3.42. The van der Waals surface area contributed by atoms with Crippen molar-refractivity contribution in [1.82, 2.24) is 10.6 Å². The molecule has 0 aliphatic rings. The van der Waals surface area contributed by atoms with E-state index < -0.39 is 24.0 Å². The molecule has 0 bridgehead atoms. The predicted molar refractivity (Wildman–Crippen MR) is 128 cm³/mol. The first-order chi connectivity index (χ1) is 15.7. The topological polar surface area (TPSA) is 96.7 Å². The number of esters is 1. The number of ether oxygens (including phenoxy) is 2. The highest BCUT2D eigenvalue weighted by molar-refractivity contribution is 6.11. The smallest absolute Gasteiger partial charge is 0.412 e. The highest BCUT2D eigenvalue weighted by atomic mass is 16.6. The molecule has 0 aromatic heterocycles. The fourth-order valence-electron chi connectivity index (χ4n) is 3.02. The molecule has 0 spiro atoms. The van der Waals surface area contributed by atoms with E-state index in [1.165, 1.54) is 25.5 Å². The number of hydrogen-bond acceptors (Lipinski definition) is 5. The van der Waals surface area contributed by atoms with Gasteiger partial charge in [-0.1, -0.05) is 63.3 Å². The maximum Gasteiger partial charge on any atom is 0.412 e. The van der Waals surface area contributed by atoms with Crippen LogP contribution in [0.3, 0.4) is 0 Å². The summed E-state index contributed by atoms with van der Waals surface area (Å²) in [6.07, 6.45) is 5.31. The number of nitrogens with zero attached hydrogens (tertiary/aromatic N) is 1. The molecule has 180 valence electrons. The van der Waals surface area contributed by atoms with E-state index in [9.17, 15) is 14.4 Å². The molecule has 1 rings (SSSR count). The van der Waals surface area contributed by atoms with Gasteiger partial charge in [-0.05, 0) is 30.9 Å². The molecule has 0 radical (unpaired) electrons. The van der Waals surface area contributed by atoms with Crippen LogP contribution in [-0.2, 0) is 25.5 Å². The van der Waals surface area contributed by atoms with Crippen LogP contribution in [0.4, 0.5) is 4.79 Å². The van der Waals surface area contributed by atoms with Gasteiger partial charge in [-0.3, -0.25) is 4.79 Å². The normalized spacial score (nSPS) is 14.5. The first-order valence-corrected chi connectivity index (χ1v) is 11.0. The van der Waals surface area contributed by atoms with Crippen molar-refractivity contribution in [2.75, 3.05) is 20.9 Å². The summed E-state index contributed by atoms with van der Waals surface area (Å²) in [5, 5.41) is 5.50. The largest absolute Gasteiger partial charge is 0.467 e. The quantitative estimate of drug-likeness (QED) is 0.125. The van der Waals surface area contributed by atoms with Gasteiger partial charge in [0.15, 0.2) is 6.21 Å². The van der Waals surface area contributed by atoms with Crippen molar-refractivity contribution in [3.8, 4) is 0 Å². The highest BCUT2D eigenvalue weighted by Crippen LogP contribution is 2.10. The first kappa shape index (κ1) is 27.6. The Balaban J connectivity index is 2.70. The van der Waals surface area contributed by atoms with Gasteiger partial charge in [0.25, 0.3) is 12.6 Å². The van der Waals surface area contributed by atoms with E-state index in [1.54, 1.807) is 11.6 Å². The monoisotopic (exact) mass is 458 g/mol. The minimum Gasteiger partial charge on any atom is -0.467 e. The number of methoxy groups -OCH3 is 1. The van der Waals surface area contributed by atoms with Crippen molar-refractivity contribution < 1.29 is 28.4 Å². The Bertz CT molecular complexity index is 864. The van der Waals surface area contributed by atoms with E-state index in [1.807, 2.05) is 51.1 Å². The second-order valence-corrected chi connectivity index (χ2v) is 7.90. The zero-order chi connectivity index (χ0) is 24.8. The van der Waals surface area contributed by atoms with E-state index in [4.69, 9.17) is 9.47 Å². The van der Waals surface area contributed by atoms with Gasteiger partial charge in [-0.2, -0.15) is 0 Å². The summed E-state index contributed by atoms with van der Waals surface area (Å²) >= 11 is 0. The molecule has 2 N–H and O–H groups in total. The van der Waals surface area contributed by atoms with Gasteiger partial charge in [-0.15, -0.1) is 0 Å². The maximum atomic E-state index is 12.8. The van der Waals surface area contributed by atoms with Gasteiger partial charge in [0.2, 0.25) is 0 Å². The average Bonchev–Trinajstić information content (AvgIpc) is 2.80. The first-order valence-electron chi connectivity index (χ1n) is 11.0. The van der Waals surface area contributed by atoms with E-state index in [-0.39, 0.29) is 24.3 Å². The number of alkyl carbamates (subject to hydrolysis) is 1. The van der Waals surface area contributed by atoms with E-state index >= 15 is 0 Å². The fraction of sp³-hybridized carbons (Fsp3) is 0.440. The molecule has 1 unspecified atom stereocenters. The van der Waals surface area contributed by atoms with Gasteiger partial charge in [0.1, 0.15) is 18.7 Å². The van der Waals surface area contributed by atoms with E-state index in [2.05, 4.69) is 17.2 Å². The molecule has 8 nitrogen and oxygen atoms in total. The van der Waals surface area contributed by atoms with Crippen molar-refractivity contribution in [3.63, 3.8) is 0 Å². The second kappa shape index (κ2) is 14.6. The molecule has 0 saturated carbocycles. The zero-order valence-electron chi connectivity index (χ0n) is 20.2. The standard InChI is InChI=1S/C25H35N3O5/c1-7-12-21(23(29)27-22(18(3)8-2)24(30)32-6)16-28(5)17-33-25(31)26-19(4)15-20-13-10-9-11-14-20/h7,9-14,16,18-19,22H,1,8,15,17H2,2-6H3,(H-,26,27,29,31)/p+1/b21-12+,28-16+/t18-,19?,22-/m0/s1. The summed E-state index contributed by atoms with van der Waals surface area (Å²) in [5.41, 5.74) is 1.37. The molecule has 8 heteroatoms. The third-order valence-corrected chi connectivity index (χ3v) is 5.02. The second-order valence-electron chi connectivity index (χ2n) is 7.90. The van der Waals surface area contributed by atoms with Gasteiger partial charge in [-0.25, -0.2) is 14.2 Å². The third-order valence-electron chi connectivity index (χ3n) is 5.02. The molecular formula is C25H36N3O5+. The van der Waals surface area contributed by atoms with Crippen molar-refractivity contribution in [2.45, 2.75) is 45.7 Å². The lowest BCUT2D eigenvalue weighted by molar-refractivity contribution is -0.529. The van der Waals surface area contributed by atoms with Crippen LogP contribution in [0, 0.1) is 5.92 Å². The van der Waals surface area contributed by atoms with E-state index in [0.29, 0.717) is 12.8 Å². The minimum atomic E-state index is -0.771. The Morgan fingerprint density at radius 2 is 1.82 bits per heavy atom. The number of hydrogen-bond donors (Lipinski definition) is 2. The number of benzene rings is 1. The number of carbonyl (C=O) groups excluding carboxylic acids is 3. The molecule has 2 amide bonds. The molecule has 0 aliphatic carbocycles. The van der Waals surface area contributed by atoms with Crippen LogP contribution in [0.25, 0.3) is 0 Å². The summed E-state index contributed by atoms with van der Waals surface area (Å²) in [5.74, 6) is -1.07. The van der Waals surface area contributed by atoms with Crippen molar-refractivity contribution >= 4 is 24.2 Å². The van der Waals surface area contributed by atoms with Crippen LogP contribution >= 0.6 is 0 Å². The van der Waals surface area contributed by atoms with Crippen LogP contribution in [-0.4, -0.2) is 61.7 Å². The third kappa shape index (κ3) is 10.2. The van der Waals surface area contributed by atoms with Crippen molar-refractivity contribution in [3.05, 3.63) is 60.2 Å². The Labute approximate surface area is 196 Å². The predicted octanol–water partition coefficient (Wildman–Crippen LogP) is 2.83. The van der Waals surface area contributed by atoms with E-state index in [0.717, 1.165) is 5.56 Å². The summed E-state index contributed by atoms with van der Waals surface area (Å²) in [6, 6.07) is 8.96. The lowest BCUT2D eigenvalue weighted by atomic mass is 9.99. The number of amides is 2. The number of rotatable bonds is 12. The average molecular weight is 459 g/mol. The maximum absolute atomic E-state index is 12.8. The lowest BCUT2D eigenvalue weighted by Crippen LogP contribution is -2.46. The summed E-state index contributed by atoms with van der Waals surface area (Å²) in [4.78, 5) is 37.0. The lowest BCUT2D eigenvalue weighted by Gasteiger charge is -2.21. The van der Waals surface area contributed by atoms with Gasteiger partial charge in [0, 0.05) is 6.04 Å². The van der Waals surface area contributed by atoms with Crippen LogP contribution in [0.15, 0.2) is 54.6 Å². The number of allylic oxidation sites excluding steroid dienone is 2. The molecule has 3 atom stereocenters. The molecule has 0 saturated heterocycles. The van der Waals surface area contributed by atoms with Crippen LogP contribution in [0.2, 0.25) is 0 Å². The van der Waals surface area contributed by atoms with Crippen LogP contribution in [0.5, 0.6) is 0 Å². The fourth-order valence-corrected chi connectivity index (χ4v) is 3.02. The van der Waals surface area contributed by atoms with Crippen molar-refractivity contribution in [2.24, 2.45) is 5.92 Å². The zero-order valence-corrected chi connectivity index (χ0v) is 20.2.